The van der Waals surface area contributed by atoms with Crippen LogP contribution in [0, 0.1) is 17.3 Å². The molecule has 4 aliphatic rings. The van der Waals surface area contributed by atoms with E-state index >= 15 is 0 Å². The monoisotopic (exact) mass is 210 g/mol. The van der Waals surface area contributed by atoms with Crippen LogP contribution in [0.4, 0.5) is 0 Å². The first-order valence-electron chi connectivity index (χ1n) is 6.48. The third-order valence-corrected chi connectivity index (χ3v) is 5.18. The highest BCUT2D eigenvalue weighted by molar-refractivity contribution is 5.13. The van der Waals surface area contributed by atoms with Crippen molar-refractivity contribution in [1.82, 2.24) is 0 Å². The molecule has 4 bridgehead atoms. The van der Waals surface area contributed by atoms with Crippen LogP contribution >= 0.6 is 0 Å². The predicted molar refractivity (Wildman–Crippen MR) is 58.4 cm³/mol. The van der Waals surface area contributed by atoms with Gasteiger partial charge in [0, 0.05) is 0 Å². The normalized spacial score (nSPS) is 57.4. The molecule has 0 amide bonds. The maximum absolute atomic E-state index is 10.5. The van der Waals surface area contributed by atoms with E-state index in [1.165, 1.54) is 19.3 Å². The van der Waals surface area contributed by atoms with Gasteiger partial charge in [-0.15, -0.1) is 0 Å². The predicted octanol–water partition coefficient (Wildman–Crippen LogP) is 2.09. The van der Waals surface area contributed by atoms with Gasteiger partial charge in [0.15, 0.2) is 0 Å². The van der Waals surface area contributed by atoms with Crippen molar-refractivity contribution < 1.29 is 10.2 Å². The smallest absolute Gasteiger partial charge is 0.0916 e. The fourth-order valence-electron chi connectivity index (χ4n) is 5.12. The Kier molecular flexibility index (Phi) is 2.01. The summed E-state index contributed by atoms with van der Waals surface area (Å²) >= 11 is 0. The third kappa shape index (κ3) is 1.24. The van der Waals surface area contributed by atoms with Gasteiger partial charge in [0.1, 0.15) is 0 Å². The molecule has 4 rings (SSSR count). The fraction of sp³-hybridized carbons (Fsp3) is 1.00. The summed E-state index contributed by atoms with van der Waals surface area (Å²) in [6, 6.07) is 0. The molecule has 0 aromatic carbocycles. The second-order valence-electron chi connectivity index (χ2n) is 6.40. The second kappa shape index (κ2) is 2.98. The Labute approximate surface area is 91.7 Å². The molecule has 2 nitrogen and oxygen atoms in total. The SMILES string of the molecule is CCCC12CC3CC(CC(O)(C3)C1O)C2. The number of hydrogen-bond acceptors (Lipinski definition) is 2. The number of hydrogen-bond donors (Lipinski definition) is 2. The Morgan fingerprint density at radius 2 is 1.73 bits per heavy atom. The van der Waals surface area contributed by atoms with E-state index in [0.717, 1.165) is 25.7 Å². The molecule has 2 N–H and O–H groups in total. The van der Waals surface area contributed by atoms with Crippen LogP contribution in [-0.2, 0) is 0 Å². The zero-order chi connectivity index (χ0) is 10.7. The molecular weight excluding hydrogens is 188 g/mol. The number of rotatable bonds is 2. The second-order valence-corrected chi connectivity index (χ2v) is 6.40. The van der Waals surface area contributed by atoms with Crippen LogP contribution < -0.4 is 0 Å². The van der Waals surface area contributed by atoms with Crippen molar-refractivity contribution in [2.45, 2.75) is 63.6 Å². The summed E-state index contributed by atoms with van der Waals surface area (Å²) < 4.78 is 0. The van der Waals surface area contributed by atoms with E-state index in [9.17, 15) is 10.2 Å². The van der Waals surface area contributed by atoms with Gasteiger partial charge >= 0.3 is 0 Å². The first-order valence-corrected chi connectivity index (χ1v) is 6.48. The van der Waals surface area contributed by atoms with Crippen molar-refractivity contribution >= 4 is 0 Å². The van der Waals surface area contributed by atoms with Crippen molar-refractivity contribution in [3.63, 3.8) is 0 Å². The molecule has 86 valence electrons. The number of aliphatic hydroxyl groups is 2. The van der Waals surface area contributed by atoms with E-state index < -0.39 is 11.7 Å². The molecule has 0 aliphatic heterocycles. The molecule has 0 radical (unpaired) electrons. The Morgan fingerprint density at radius 3 is 2.27 bits per heavy atom. The van der Waals surface area contributed by atoms with Crippen LogP contribution in [0.2, 0.25) is 0 Å². The standard InChI is InChI=1S/C13H22O2/c1-2-3-12-5-9-4-10(6-12)8-13(15,7-9)11(12)14/h9-11,14-15H,2-8H2,1H3. The first-order chi connectivity index (χ1) is 7.08. The van der Waals surface area contributed by atoms with Crippen molar-refractivity contribution in [2.75, 3.05) is 0 Å². The molecule has 4 saturated carbocycles. The summed E-state index contributed by atoms with van der Waals surface area (Å²) in [4.78, 5) is 0. The molecule has 3 atom stereocenters. The molecular formula is C13H22O2. The van der Waals surface area contributed by atoms with Crippen molar-refractivity contribution in [2.24, 2.45) is 17.3 Å². The highest BCUT2D eigenvalue weighted by Gasteiger charge is 2.62. The minimum atomic E-state index is -0.723. The van der Waals surface area contributed by atoms with Crippen molar-refractivity contribution in [3.05, 3.63) is 0 Å². The maximum Gasteiger partial charge on any atom is 0.0916 e. The zero-order valence-corrected chi connectivity index (χ0v) is 9.58. The molecule has 4 aliphatic carbocycles. The summed E-state index contributed by atoms with van der Waals surface area (Å²) in [5, 5.41) is 20.9. The lowest BCUT2D eigenvalue weighted by Crippen LogP contribution is -2.65. The summed E-state index contributed by atoms with van der Waals surface area (Å²) in [7, 11) is 0. The summed E-state index contributed by atoms with van der Waals surface area (Å²) in [5.41, 5.74) is -0.646. The van der Waals surface area contributed by atoms with E-state index in [-0.39, 0.29) is 5.41 Å². The molecule has 3 unspecified atom stereocenters. The maximum atomic E-state index is 10.5. The molecule has 0 aromatic rings. The van der Waals surface area contributed by atoms with E-state index in [4.69, 9.17) is 0 Å². The lowest BCUT2D eigenvalue weighted by Gasteiger charge is -2.63. The van der Waals surface area contributed by atoms with E-state index in [1.807, 2.05) is 0 Å². The fourth-order valence-corrected chi connectivity index (χ4v) is 5.12. The number of aliphatic hydroxyl groups excluding tert-OH is 1. The zero-order valence-electron chi connectivity index (χ0n) is 9.58. The molecule has 0 saturated heterocycles. The molecule has 2 heteroatoms. The van der Waals surface area contributed by atoms with Crippen LogP contribution in [0.15, 0.2) is 0 Å². The third-order valence-electron chi connectivity index (χ3n) is 5.18. The van der Waals surface area contributed by atoms with Gasteiger partial charge in [-0.05, 0) is 55.8 Å². The Hall–Kier alpha value is -0.0800. The van der Waals surface area contributed by atoms with Crippen molar-refractivity contribution in [3.8, 4) is 0 Å². The average molecular weight is 210 g/mol. The summed E-state index contributed by atoms with van der Waals surface area (Å²) in [6.07, 6.45) is 7.14. The molecule has 4 fully saturated rings. The van der Waals surface area contributed by atoms with Crippen LogP contribution in [0.1, 0.15) is 51.9 Å². The van der Waals surface area contributed by atoms with Gasteiger partial charge in [0.2, 0.25) is 0 Å². The highest BCUT2D eigenvalue weighted by Crippen LogP contribution is 2.63. The summed E-state index contributed by atoms with van der Waals surface area (Å²) in [5.74, 6) is 1.38. The van der Waals surface area contributed by atoms with Crippen LogP contribution in [0.5, 0.6) is 0 Å². The molecule has 0 aromatic heterocycles. The first kappa shape index (κ1) is 10.1. The Morgan fingerprint density at radius 1 is 1.13 bits per heavy atom. The van der Waals surface area contributed by atoms with Gasteiger partial charge in [-0.3, -0.25) is 0 Å². The Bertz CT molecular complexity index is 260. The largest absolute Gasteiger partial charge is 0.390 e. The van der Waals surface area contributed by atoms with Gasteiger partial charge in [-0.2, -0.15) is 0 Å². The molecule has 15 heavy (non-hydrogen) atoms. The average Bonchev–Trinajstić information content (AvgIpc) is 2.13. The summed E-state index contributed by atoms with van der Waals surface area (Å²) in [6.45, 7) is 2.19. The topological polar surface area (TPSA) is 40.5 Å². The Balaban J connectivity index is 1.96. The van der Waals surface area contributed by atoms with Gasteiger partial charge in [0.25, 0.3) is 0 Å². The van der Waals surface area contributed by atoms with Crippen LogP contribution in [0.25, 0.3) is 0 Å². The van der Waals surface area contributed by atoms with E-state index in [2.05, 4.69) is 6.92 Å². The molecule has 0 spiro atoms. The van der Waals surface area contributed by atoms with Gasteiger partial charge in [-0.1, -0.05) is 13.3 Å². The minimum Gasteiger partial charge on any atom is -0.390 e. The van der Waals surface area contributed by atoms with Crippen LogP contribution in [-0.4, -0.2) is 21.9 Å². The van der Waals surface area contributed by atoms with Gasteiger partial charge in [0.05, 0.1) is 11.7 Å². The van der Waals surface area contributed by atoms with Gasteiger partial charge in [-0.25, -0.2) is 0 Å². The lowest BCUT2D eigenvalue weighted by atomic mass is 9.45. The van der Waals surface area contributed by atoms with E-state index in [0.29, 0.717) is 11.8 Å². The molecule has 0 heterocycles. The van der Waals surface area contributed by atoms with Crippen molar-refractivity contribution in [1.29, 1.82) is 0 Å². The van der Waals surface area contributed by atoms with E-state index in [1.54, 1.807) is 0 Å². The lowest BCUT2D eigenvalue weighted by molar-refractivity contribution is -0.245. The highest BCUT2D eigenvalue weighted by atomic mass is 16.3. The van der Waals surface area contributed by atoms with Crippen LogP contribution in [0.3, 0.4) is 0 Å². The minimum absolute atomic E-state index is 0.0770. The quantitative estimate of drug-likeness (QED) is 0.732. The van der Waals surface area contributed by atoms with Gasteiger partial charge < -0.3 is 10.2 Å².